The summed E-state index contributed by atoms with van der Waals surface area (Å²) in [4.78, 5) is 3.78. The van der Waals surface area contributed by atoms with Crippen LogP contribution in [0.3, 0.4) is 0 Å². The van der Waals surface area contributed by atoms with E-state index in [1.54, 1.807) is 34.2 Å². The average molecular weight is 184 g/mol. The third-order valence-corrected chi connectivity index (χ3v) is 2.34. The van der Waals surface area contributed by atoms with Crippen molar-refractivity contribution in [3.63, 3.8) is 0 Å². The standard InChI is InChI=1S/C5H5N.C2H3NS2/c1-2-4-6-5-3-1;1-2-4-5-3-1/h1-5H;1-3H. The molecular weight excluding hydrogens is 176 g/mol. The van der Waals surface area contributed by atoms with Gasteiger partial charge in [-0.05, 0) is 22.9 Å². The van der Waals surface area contributed by atoms with E-state index in [0.717, 1.165) is 0 Å². The van der Waals surface area contributed by atoms with Gasteiger partial charge in [0.1, 0.15) is 0 Å². The van der Waals surface area contributed by atoms with Crippen LogP contribution in [0, 0.1) is 0 Å². The van der Waals surface area contributed by atoms with Crippen molar-refractivity contribution < 1.29 is 0 Å². The van der Waals surface area contributed by atoms with Gasteiger partial charge >= 0.3 is 0 Å². The summed E-state index contributed by atoms with van der Waals surface area (Å²) < 4.78 is 2.92. The fourth-order valence-electron chi connectivity index (χ4n) is 0.451. The Labute approximate surface area is 74.0 Å². The second kappa shape index (κ2) is 6.12. The van der Waals surface area contributed by atoms with Gasteiger partial charge in [-0.25, -0.2) is 0 Å². The first-order valence-electron chi connectivity index (χ1n) is 3.08. The summed E-state index contributed by atoms with van der Waals surface area (Å²) in [7, 11) is 3.33. The highest BCUT2D eigenvalue weighted by Crippen LogP contribution is 2.22. The third kappa shape index (κ3) is 4.75. The molecule has 2 heterocycles. The fourth-order valence-corrected chi connectivity index (χ4v) is 1.56. The lowest BCUT2D eigenvalue weighted by molar-refractivity contribution is 1.33. The Morgan fingerprint density at radius 1 is 1.09 bits per heavy atom. The van der Waals surface area contributed by atoms with Gasteiger partial charge in [0.05, 0.1) is 0 Å². The Morgan fingerprint density at radius 2 is 1.91 bits per heavy atom. The van der Waals surface area contributed by atoms with E-state index < -0.39 is 0 Å². The second-order valence-electron chi connectivity index (χ2n) is 1.62. The van der Waals surface area contributed by atoms with Crippen LogP contribution in [0.25, 0.3) is 0 Å². The highest BCUT2D eigenvalue weighted by Gasteiger charge is 1.83. The molecule has 0 spiro atoms. The van der Waals surface area contributed by atoms with Crippen LogP contribution in [0.1, 0.15) is 0 Å². The van der Waals surface area contributed by atoms with Gasteiger partial charge in [0.25, 0.3) is 0 Å². The van der Waals surface area contributed by atoms with Crippen LogP contribution in [0.4, 0.5) is 0 Å². The maximum atomic E-state index is 3.78. The molecule has 1 aromatic heterocycles. The third-order valence-electron chi connectivity index (χ3n) is 0.854. The lowest BCUT2D eigenvalue weighted by Crippen LogP contribution is -1.76. The van der Waals surface area contributed by atoms with Gasteiger partial charge in [-0.2, -0.15) is 0 Å². The Hall–Kier alpha value is -0.610. The minimum atomic E-state index is 1.63. The summed E-state index contributed by atoms with van der Waals surface area (Å²) in [5, 5.41) is 2.00. The van der Waals surface area contributed by atoms with Crippen molar-refractivity contribution in [3.05, 3.63) is 42.2 Å². The maximum absolute atomic E-state index is 3.78. The molecule has 2 nitrogen and oxygen atoms in total. The number of hydrogen-bond donors (Lipinski definition) is 1. The van der Waals surface area contributed by atoms with Gasteiger partial charge in [0, 0.05) is 35.0 Å². The summed E-state index contributed by atoms with van der Waals surface area (Å²) in [5.74, 6) is 0. The Morgan fingerprint density at radius 3 is 2.09 bits per heavy atom. The van der Waals surface area contributed by atoms with Crippen LogP contribution in [0.5, 0.6) is 0 Å². The normalized spacial score (nSPS) is 13.1. The van der Waals surface area contributed by atoms with Crippen LogP contribution in [0.2, 0.25) is 0 Å². The summed E-state index contributed by atoms with van der Waals surface area (Å²) in [6.07, 6.45) is 5.41. The number of rotatable bonds is 0. The maximum Gasteiger partial charge on any atom is 0.0267 e. The SMILES string of the molecule is C1=CSSN1.c1ccncc1. The molecule has 0 fully saturated rings. The molecule has 58 valence electrons. The zero-order valence-electron chi connectivity index (χ0n) is 5.81. The number of nitrogens with one attached hydrogen (secondary N) is 1. The van der Waals surface area contributed by atoms with Crippen molar-refractivity contribution in [3.8, 4) is 0 Å². The molecule has 0 saturated heterocycles. The summed E-state index contributed by atoms with van der Waals surface area (Å²) >= 11 is 0. The lowest BCUT2D eigenvalue weighted by Gasteiger charge is -1.75. The molecule has 1 aliphatic heterocycles. The van der Waals surface area contributed by atoms with Crippen LogP contribution < -0.4 is 4.72 Å². The van der Waals surface area contributed by atoms with Gasteiger partial charge in [-0.1, -0.05) is 6.07 Å². The van der Waals surface area contributed by atoms with Gasteiger partial charge in [0.2, 0.25) is 0 Å². The molecular formula is C7H8N2S2. The van der Waals surface area contributed by atoms with Crippen molar-refractivity contribution in [1.29, 1.82) is 0 Å². The van der Waals surface area contributed by atoms with Crippen molar-refractivity contribution in [1.82, 2.24) is 9.71 Å². The molecule has 0 radical (unpaired) electrons. The first-order chi connectivity index (χ1) is 5.50. The lowest BCUT2D eigenvalue weighted by atomic mass is 10.5. The van der Waals surface area contributed by atoms with Crippen LogP contribution in [-0.2, 0) is 0 Å². The Balaban J connectivity index is 0.000000112. The van der Waals surface area contributed by atoms with E-state index in [1.165, 1.54) is 0 Å². The predicted octanol–water partition coefficient (Wildman–Crippen LogP) is 2.44. The van der Waals surface area contributed by atoms with Crippen LogP contribution in [-0.4, -0.2) is 4.98 Å². The number of hydrogen-bond acceptors (Lipinski definition) is 4. The molecule has 0 bridgehead atoms. The zero-order valence-corrected chi connectivity index (χ0v) is 7.44. The van der Waals surface area contributed by atoms with Gasteiger partial charge in [0.15, 0.2) is 0 Å². The zero-order chi connectivity index (χ0) is 7.78. The number of nitrogens with zero attached hydrogens (tertiary/aromatic N) is 1. The molecule has 1 aliphatic rings. The predicted molar refractivity (Wildman–Crippen MR) is 51.7 cm³/mol. The van der Waals surface area contributed by atoms with Gasteiger partial charge in [-0.15, -0.1) is 0 Å². The fraction of sp³-hybridized carbons (Fsp3) is 0. The molecule has 0 aliphatic carbocycles. The van der Waals surface area contributed by atoms with Gasteiger partial charge < -0.3 is 4.72 Å². The highest BCUT2D eigenvalue weighted by atomic mass is 33.1. The first-order valence-corrected chi connectivity index (χ1v) is 5.29. The summed E-state index contributed by atoms with van der Waals surface area (Å²) in [5.41, 5.74) is 0. The van der Waals surface area contributed by atoms with Crippen LogP contribution in [0.15, 0.2) is 42.2 Å². The van der Waals surface area contributed by atoms with E-state index >= 15 is 0 Å². The molecule has 2 rings (SSSR count). The van der Waals surface area contributed by atoms with Crippen molar-refractivity contribution in [2.24, 2.45) is 0 Å². The van der Waals surface area contributed by atoms with Crippen molar-refractivity contribution >= 4 is 21.8 Å². The molecule has 1 aromatic rings. The smallest absolute Gasteiger partial charge is 0.0267 e. The molecule has 11 heavy (non-hydrogen) atoms. The Bertz CT molecular complexity index is 168. The molecule has 4 heteroatoms. The van der Waals surface area contributed by atoms with E-state index in [2.05, 4.69) is 9.71 Å². The average Bonchev–Trinajstić information content (AvgIpc) is 2.64. The Kier molecular flexibility index (Phi) is 4.72. The molecule has 1 N–H and O–H groups in total. The number of pyridine rings is 1. The van der Waals surface area contributed by atoms with Crippen molar-refractivity contribution in [2.45, 2.75) is 0 Å². The minimum absolute atomic E-state index is 1.63. The van der Waals surface area contributed by atoms with E-state index in [1.807, 2.05) is 29.8 Å². The summed E-state index contributed by atoms with van der Waals surface area (Å²) in [6, 6.07) is 5.72. The molecule has 0 aromatic carbocycles. The van der Waals surface area contributed by atoms with E-state index in [9.17, 15) is 0 Å². The quantitative estimate of drug-likeness (QED) is 0.494. The topological polar surface area (TPSA) is 24.9 Å². The minimum Gasteiger partial charge on any atom is -0.327 e. The van der Waals surface area contributed by atoms with E-state index in [0.29, 0.717) is 0 Å². The molecule has 0 amide bonds. The van der Waals surface area contributed by atoms with E-state index in [-0.39, 0.29) is 0 Å². The number of aromatic nitrogens is 1. The largest absolute Gasteiger partial charge is 0.327 e. The first kappa shape index (κ1) is 8.49. The molecule has 0 unspecified atom stereocenters. The molecule has 0 saturated carbocycles. The van der Waals surface area contributed by atoms with Gasteiger partial charge in [-0.3, -0.25) is 4.98 Å². The highest BCUT2D eigenvalue weighted by molar-refractivity contribution is 8.77. The van der Waals surface area contributed by atoms with E-state index in [4.69, 9.17) is 0 Å². The monoisotopic (exact) mass is 184 g/mol. The van der Waals surface area contributed by atoms with Crippen molar-refractivity contribution in [2.75, 3.05) is 0 Å². The second-order valence-corrected chi connectivity index (χ2v) is 3.57. The van der Waals surface area contributed by atoms with Crippen LogP contribution >= 0.6 is 21.8 Å². The summed E-state index contributed by atoms with van der Waals surface area (Å²) in [6.45, 7) is 0. The molecule has 0 atom stereocenters.